The number of phosphoric ester groups is 2. The summed E-state index contributed by atoms with van der Waals surface area (Å²) in [5, 5.41) is 10.6. The second-order valence-electron chi connectivity index (χ2n) is 27.3. The Morgan fingerprint density at radius 2 is 0.533 bits per heavy atom. The summed E-state index contributed by atoms with van der Waals surface area (Å²) in [6.07, 6.45) is 43.3. The molecule has 0 saturated heterocycles. The minimum absolute atomic E-state index is 0.103. The van der Waals surface area contributed by atoms with Gasteiger partial charge in [-0.2, -0.15) is 0 Å². The topological polar surface area (TPSA) is 237 Å². The Balaban J connectivity index is 5.20. The number of esters is 4. The van der Waals surface area contributed by atoms with Crippen molar-refractivity contribution in [2.45, 2.75) is 369 Å². The molecule has 0 aliphatic carbocycles. The van der Waals surface area contributed by atoms with Gasteiger partial charge < -0.3 is 33.8 Å². The number of phosphoric acid groups is 2. The zero-order chi connectivity index (χ0) is 66.8. The number of unbranched alkanes of at least 4 members (excludes halogenated alkanes) is 33. The van der Waals surface area contributed by atoms with Crippen LogP contribution in [-0.4, -0.2) is 96.7 Å². The standard InChI is InChI=1S/C71H138O17P2/c1-9-64(8)50-42-34-25-20-21-27-38-46-54-71(76)88-67(58-82-69(74)52-44-36-30-29-33-41-49-63(6)7)60-86-90(79,80)84-56-65(72)55-83-89(77,78)85-59-66(57-81-68(73)51-43-35-28-22-24-32-40-48-62(4)5)87-70(75)53-45-37-26-19-17-15-13-11-10-12-14-16-18-23-31-39-47-61(2)3/h61-67,72H,9-60H2,1-8H3,(H,77,78)(H,79,80)/t64?,65-,66-,67-/m1/s1. The van der Waals surface area contributed by atoms with Crippen LogP contribution < -0.4 is 0 Å². The van der Waals surface area contributed by atoms with Crippen LogP contribution in [0.1, 0.15) is 351 Å². The van der Waals surface area contributed by atoms with Gasteiger partial charge in [0.05, 0.1) is 26.4 Å². The first-order valence-electron chi connectivity index (χ1n) is 36.7. The molecule has 0 aromatic carbocycles. The first-order valence-corrected chi connectivity index (χ1v) is 39.7. The Hall–Kier alpha value is -1.94. The third-order valence-electron chi connectivity index (χ3n) is 16.7. The SMILES string of the molecule is CCC(C)CCCCCCCCCCC(=O)O[C@H](COC(=O)CCCCCCCCC(C)C)COP(=O)(O)OC[C@H](O)COP(=O)(O)OC[C@@H](COC(=O)CCCCCCCCCC(C)C)OC(=O)CCCCCCCCCCCCCCCCCCC(C)C. The second kappa shape index (κ2) is 60.7. The molecule has 0 spiro atoms. The summed E-state index contributed by atoms with van der Waals surface area (Å²) in [6.45, 7) is 14.0. The average Bonchev–Trinajstić information content (AvgIpc) is 2.98. The van der Waals surface area contributed by atoms with Gasteiger partial charge in [0.2, 0.25) is 0 Å². The molecule has 0 aromatic heterocycles. The van der Waals surface area contributed by atoms with Crippen LogP contribution in [0, 0.1) is 23.7 Å². The summed E-state index contributed by atoms with van der Waals surface area (Å²) in [4.78, 5) is 72.5. The molecule has 0 bridgehead atoms. The van der Waals surface area contributed by atoms with Gasteiger partial charge in [-0.1, -0.05) is 299 Å². The van der Waals surface area contributed by atoms with Crippen molar-refractivity contribution in [1.82, 2.24) is 0 Å². The van der Waals surface area contributed by atoms with Crippen molar-refractivity contribution in [3.8, 4) is 0 Å². The Morgan fingerprint density at radius 3 is 0.789 bits per heavy atom. The van der Waals surface area contributed by atoms with Gasteiger partial charge in [-0.3, -0.25) is 37.3 Å². The average molecular weight is 1330 g/mol. The summed E-state index contributed by atoms with van der Waals surface area (Å²) >= 11 is 0. The van der Waals surface area contributed by atoms with Crippen LogP contribution in [0.15, 0.2) is 0 Å². The van der Waals surface area contributed by atoms with E-state index >= 15 is 0 Å². The van der Waals surface area contributed by atoms with Crippen LogP contribution in [0.25, 0.3) is 0 Å². The molecule has 0 amide bonds. The van der Waals surface area contributed by atoms with Gasteiger partial charge in [-0.15, -0.1) is 0 Å². The molecule has 3 N–H and O–H groups in total. The molecule has 0 fully saturated rings. The lowest BCUT2D eigenvalue weighted by molar-refractivity contribution is -0.161. The highest BCUT2D eigenvalue weighted by atomic mass is 31.2. The fraction of sp³-hybridized carbons (Fsp3) is 0.944. The lowest BCUT2D eigenvalue weighted by atomic mass is 9.99. The molecule has 0 saturated carbocycles. The van der Waals surface area contributed by atoms with Crippen molar-refractivity contribution in [3.05, 3.63) is 0 Å². The molecule has 0 aliphatic rings. The van der Waals surface area contributed by atoms with Crippen molar-refractivity contribution in [1.29, 1.82) is 0 Å². The summed E-state index contributed by atoms with van der Waals surface area (Å²) in [5.74, 6) is 0.831. The Labute approximate surface area is 549 Å². The molecule has 6 atom stereocenters. The number of ether oxygens (including phenoxy) is 4. The number of carbonyl (C=O) groups excluding carboxylic acids is 4. The summed E-state index contributed by atoms with van der Waals surface area (Å²) in [6, 6.07) is 0. The summed E-state index contributed by atoms with van der Waals surface area (Å²) in [7, 11) is -9.90. The Bertz CT molecular complexity index is 1780. The minimum atomic E-state index is -4.95. The first kappa shape index (κ1) is 88.1. The number of rotatable bonds is 68. The van der Waals surface area contributed by atoms with Gasteiger partial charge in [0.1, 0.15) is 19.3 Å². The zero-order valence-electron chi connectivity index (χ0n) is 58.8. The maximum atomic E-state index is 13.0. The minimum Gasteiger partial charge on any atom is -0.462 e. The van der Waals surface area contributed by atoms with E-state index < -0.39 is 97.5 Å². The lowest BCUT2D eigenvalue weighted by Crippen LogP contribution is -2.30. The number of carbonyl (C=O) groups is 4. The van der Waals surface area contributed by atoms with Gasteiger partial charge in [0.25, 0.3) is 0 Å². The van der Waals surface area contributed by atoms with E-state index in [1.54, 1.807) is 0 Å². The maximum absolute atomic E-state index is 13.0. The molecular weight excluding hydrogens is 1190 g/mol. The van der Waals surface area contributed by atoms with E-state index in [1.807, 2.05) is 0 Å². The molecule has 19 heteroatoms. The zero-order valence-corrected chi connectivity index (χ0v) is 60.6. The normalized spacial score (nSPS) is 14.6. The Kier molecular flexibility index (Phi) is 59.4. The van der Waals surface area contributed by atoms with Gasteiger partial charge in [0.15, 0.2) is 12.2 Å². The van der Waals surface area contributed by atoms with Crippen LogP contribution in [-0.2, 0) is 65.4 Å². The van der Waals surface area contributed by atoms with E-state index in [-0.39, 0.29) is 25.7 Å². The van der Waals surface area contributed by atoms with Crippen LogP contribution in [0.3, 0.4) is 0 Å². The van der Waals surface area contributed by atoms with E-state index in [0.29, 0.717) is 37.5 Å². The molecule has 534 valence electrons. The molecule has 3 unspecified atom stereocenters. The number of aliphatic hydroxyl groups is 1. The molecular formula is C71H138O17P2. The van der Waals surface area contributed by atoms with Gasteiger partial charge in [-0.05, 0) is 49.4 Å². The molecule has 17 nitrogen and oxygen atoms in total. The van der Waals surface area contributed by atoms with Crippen molar-refractivity contribution in [2.24, 2.45) is 23.7 Å². The van der Waals surface area contributed by atoms with Crippen molar-refractivity contribution < 1.29 is 80.2 Å². The fourth-order valence-electron chi connectivity index (χ4n) is 10.6. The van der Waals surface area contributed by atoms with Crippen LogP contribution >= 0.6 is 15.6 Å². The number of aliphatic hydroxyl groups excluding tert-OH is 1. The van der Waals surface area contributed by atoms with Crippen molar-refractivity contribution in [2.75, 3.05) is 39.6 Å². The van der Waals surface area contributed by atoms with E-state index in [4.69, 9.17) is 37.0 Å². The van der Waals surface area contributed by atoms with Crippen LogP contribution in [0.4, 0.5) is 0 Å². The molecule has 0 rings (SSSR count). The van der Waals surface area contributed by atoms with Gasteiger partial charge in [-0.25, -0.2) is 9.13 Å². The highest BCUT2D eigenvalue weighted by Crippen LogP contribution is 2.45. The first-order chi connectivity index (χ1) is 43.1. The van der Waals surface area contributed by atoms with Crippen LogP contribution in [0.2, 0.25) is 0 Å². The molecule has 0 radical (unpaired) electrons. The quantitative estimate of drug-likeness (QED) is 0.0222. The van der Waals surface area contributed by atoms with Crippen LogP contribution in [0.5, 0.6) is 0 Å². The third-order valence-corrected chi connectivity index (χ3v) is 18.6. The predicted molar refractivity (Wildman–Crippen MR) is 363 cm³/mol. The summed E-state index contributed by atoms with van der Waals surface area (Å²) < 4.78 is 68.2. The summed E-state index contributed by atoms with van der Waals surface area (Å²) in [5.41, 5.74) is 0. The van der Waals surface area contributed by atoms with E-state index in [1.165, 1.54) is 141 Å². The van der Waals surface area contributed by atoms with Gasteiger partial charge in [0, 0.05) is 25.7 Å². The second-order valence-corrected chi connectivity index (χ2v) is 30.2. The van der Waals surface area contributed by atoms with E-state index in [0.717, 1.165) is 115 Å². The molecule has 90 heavy (non-hydrogen) atoms. The lowest BCUT2D eigenvalue weighted by Gasteiger charge is -2.21. The number of hydrogen-bond acceptors (Lipinski definition) is 15. The van der Waals surface area contributed by atoms with E-state index in [9.17, 15) is 43.2 Å². The monoisotopic (exact) mass is 1320 g/mol. The molecule has 0 aliphatic heterocycles. The third kappa shape index (κ3) is 63.5. The predicted octanol–water partition coefficient (Wildman–Crippen LogP) is 20.1. The smallest absolute Gasteiger partial charge is 0.462 e. The molecule has 0 heterocycles. The van der Waals surface area contributed by atoms with Gasteiger partial charge >= 0.3 is 39.5 Å². The highest BCUT2D eigenvalue weighted by Gasteiger charge is 2.30. The fourth-order valence-corrected chi connectivity index (χ4v) is 12.2. The van der Waals surface area contributed by atoms with E-state index in [2.05, 4.69) is 55.4 Å². The van der Waals surface area contributed by atoms with Crippen molar-refractivity contribution >= 4 is 39.5 Å². The highest BCUT2D eigenvalue weighted by molar-refractivity contribution is 7.47. The molecule has 0 aromatic rings. The largest absolute Gasteiger partial charge is 0.472 e. The Morgan fingerprint density at radius 1 is 0.311 bits per heavy atom. The van der Waals surface area contributed by atoms with Crippen molar-refractivity contribution in [3.63, 3.8) is 0 Å². The maximum Gasteiger partial charge on any atom is 0.472 e. The number of hydrogen-bond donors (Lipinski definition) is 3.